The Labute approximate surface area is 144 Å². The molecule has 2 aromatic rings. The Bertz CT molecular complexity index is 715. The van der Waals surface area contributed by atoms with Crippen LogP contribution in [-0.2, 0) is 14.2 Å². The van der Waals surface area contributed by atoms with Crippen LogP contribution in [0, 0.1) is 0 Å². The highest BCUT2D eigenvalue weighted by Crippen LogP contribution is 2.21. The maximum atomic E-state index is 12.2. The lowest BCUT2D eigenvalue weighted by atomic mass is 10.1. The first kappa shape index (κ1) is 17.1. The van der Waals surface area contributed by atoms with E-state index < -0.39 is 30.4 Å². The lowest BCUT2D eigenvalue weighted by Crippen LogP contribution is -2.46. The van der Waals surface area contributed by atoms with Gasteiger partial charge in [-0.25, -0.2) is 9.59 Å². The molecule has 130 valence electrons. The highest BCUT2D eigenvalue weighted by molar-refractivity contribution is 5.90. The number of carbonyl (C=O) groups excluding carboxylic acids is 2. The summed E-state index contributed by atoms with van der Waals surface area (Å²) in [5.74, 6) is -1.08. The summed E-state index contributed by atoms with van der Waals surface area (Å²) in [5, 5.41) is 9.68. The fourth-order valence-electron chi connectivity index (χ4n) is 2.53. The van der Waals surface area contributed by atoms with Crippen molar-refractivity contribution in [3.05, 3.63) is 71.8 Å². The molecule has 1 fully saturated rings. The molecule has 0 bridgehead atoms. The first-order valence-electron chi connectivity index (χ1n) is 7.95. The fraction of sp³-hybridized carbons (Fsp3) is 0.263. The van der Waals surface area contributed by atoms with Gasteiger partial charge in [0, 0.05) is 6.42 Å². The van der Waals surface area contributed by atoms with Crippen molar-refractivity contribution in [1.82, 2.24) is 0 Å². The summed E-state index contributed by atoms with van der Waals surface area (Å²) in [7, 11) is 0. The molecule has 1 N–H and O–H groups in total. The zero-order valence-electron chi connectivity index (χ0n) is 13.4. The smallest absolute Gasteiger partial charge is 0.338 e. The van der Waals surface area contributed by atoms with E-state index in [9.17, 15) is 14.7 Å². The van der Waals surface area contributed by atoms with Crippen LogP contribution in [0.1, 0.15) is 27.1 Å². The van der Waals surface area contributed by atoms with Crippen molar-refractivity contribution in [3.8, 4) is 0 Å². The third-order valence-corrected chi connectivity index (χ3v) is 3.84. The minimum Gasteiger partial charge on any atom is -0.455 e. The number of esters is 2. The summed E-state index contributed by atoms with van der Waals surface area (Å²) in [6, 6.07) is 17.0. The molecule has 1 unspecified atom stereocenters. The molecule has 6 heteroatoms. The number of carbonyl (C=O) groups is 2. The van der Waals surface area contributed by atoms with Gasteiger partial charge in [-0.1, -0.05) is 36.4 Å². The SMILES string of the molecule is O=C(O[C@H]1CC(O)OC[C@H]1OC(=O)c1ccccc1)c1ccccc1. The van der Waals surface area contributed by atoms with E-state index in [-0.39, 0.29) is 13.0 Å². The van der Waals surface area contributed by atoms with Crippen LogP contribution in [0.5, 0.6) is 0 Å². The number of hydrogen-bond donors (Lipinski definition) is 1. The van der Waals surface area contributed by atoms with E-state index in [2.05, 4.69) is 0 Å². The molecule has 1 saturated heterocycles. The lowest BCUT2D eigenvalue weighted by molar-refractivity contribution is -0.194. The van der Waals surface area contributed by atoms with Crippen molar-refractivity contribution < 1.29 is 28.9 Å². The van der Waals surface area contributed by atoms with E-state index in [1.54, 1.807) is 60.7 Å². The van der Waals surface area contributed by atoms with Gasteiger partial charge in [0.05, 0.1) is 17.7 Å². The average molecular weight is 342 g/mol. The van der Waals surface area contributed by atoms with E-state index in [1.807, 2.05) is 0 Å². The normalized spacial score (nSPS) is 22.8. The predicted molar refractivity (Wildman–Crippen MR) is 87.9 cm³/mol. The van der Waals surface area contributed by atoms with Gasteiger partial charge in [0.15, 0.2) is 12.4 Å². The molecule has 0 amide bonds. The zero-order valence-corrected chi connectivity index (χ0v) is 13.4. The van der Waals surface area contributed by atoms with Gasteiger partial charge in [0.2, 0.25) is 0 Å². The third-order valence-electron chi connectivity index (χ3n) is 3.84. The molecule has 25 heavy (non-hydrogen) atoms. The number of aliphatic hydroxyl groups excluding tert-OH is 1. The Morgan fingerprint density at radius 2 is 1.32 bits per heavy atom. The van der Waals surface area contributed by atoms with Crippen LogP contribution in [-0.4, -0.2) is 42.1 Å². The summed E-state index contributed by atoms with van der Waals surface area (Å²) in [6.07, 6.45) is -2.61. The molecule has 3 rings (SSSR count). The summed E-state index contributed by atoms with van der Waals surface area (Å²) in [4.78, 5) is 24.5. The van der Waals surface area contributed by atoms with Crippen LogP contribution in [0.15, 0.2) is 60.7 Å². The summed E-state index contributed by atoms with van der Waals surface area (Å²) >= 11 is 0. The second kappa shape index (κ2) is 7.92. The molecular formula is C19H18O6. The Morgan fingerprint density at radius 3 is 1.84 bits per heavy atom. The Hall–Kier alpha value is -2.70. The van der Waals surface area contributed by atoms with Crippen LogP contribution in [0.2, 0.25) is 0 Å². The maximum Gasteiger partial charge on any atom is 0.338 e. The fourth-order valence-corrected chi connectivity index (χ4v) is 2.53. The van der Waals surface area contributed by atoms with Crippen molar-refractivity contribution >= 4 is 11.9 Å². The van der Waals surface area contributed by atoms with Crippen LogP contribution in [0.4, 0.5) is 0 Å². The van der Waals surface area contributed by atoms with Gasteiger partial charge in [-0.3, -0.25) is 0 Å². The first-order valence-corrected chi connectivity index (χ1v) is 7.95. The Kier molecular flexibility index (Phi) is 5.42. The van der Waals surface area contributed by atoms with Crippen molar-refractivity contribution in [3.63, 3.8) is 0 Å². The number of benzene rings is 2. The van der Waals surface area contributed by atoms with Gasteiger partial charge >= 0.3 is 11.9 Å². The molecule has 0 aromatic heterocycles. The Morgan fingerprint density at radius 1 is 0.840 bits per heavy atom. The molecule has 0 radical (unpaired) electrons. The van der Waals surface area contributed by atoms with E-state index in [0.29, 0.717) is 11.1 Å². The van der Waals surface area contributed by atoms with Gasteiger partial charge in [0.1, 0.15) is 6.10 Å². The van der Waals surface area contributed by atoms with Crippen molar-refractivity contribution in [2.75, 3.05) is 6.61 Å². The first-order chi connectivity index (χ1) is 12.1. The minimum absolute atomic E-state index is 0.0330. The molecule has 0 spiro atoms. The second-order valence-electron chi connectivity index (χ2n) is 5.64. The quantitative estimate of drug-likeness (QED) is 0.858. The molecule has 6 nitrogen and oxygen atoms in total. The highest BCUT2D eigenvalue weighted by Gasteiger charge is 2.36. The topological polar surface area (TPSA) is 82.1 Å². The predicted octanol–water partition coefficient (Wildman–Crippen LogP) is 2.18. The van der Waals surface area contributed by atoms with Crippen LogP contribution in [0.25, 0.3) is 0 Å². The van der Waals surface area contributed by atoms with Crippen molar-refractivity contribution in [2.45, 2.75) is 24.9 Å². The monoisotopic (exact) mass is 342 g/mol. The van der Waals surface area contributed by atoms with E-state index in [0.717, 1.165) is 0 Å². The summed E-state index contributed by atoms with van der Waals surface area (Å²) in [6.45, 7) is -0.0491. The van der Waals surface area contributed by atoms with E-state index in [4.69, 9.17) is 14.2 Å². The third kappa shape index (κ3) is 4.43. The van der Waals surface area contributed by atoms with Crippen LogP contribution >= 0.6 is 0 Å². The number of aliphatic hydroxyl groups is 1. The zero-order chi connectivity index (χ0) is 17.6. The summed E-state index contributed by atoms with van der Waals surface area (Å²) < 4.78 is 16.0. The standard InChI is InChI=1S/C19H18O6/c20-17-11-15(24-18(21)13-7-3-1-4-8-13)16(12-23-17)25-19(22)14-9-5-2-6-10-14/h1-10,15-17,20H,11-12H2/t15-,16+,17?/m0/s1. The molecule has 0 saturated carbocycles. The largest absolute Gasteiger partial charge is 0.455 e. The molecule has 1 aliphatic rings. The average Bonchev–Trinajstić information content (AvgIpc) is 2.65. The molecule has 2 aromatic carbocycles. The van der Waals surface area contributed by atoms with Gasteiger partial charge in [0.25, 0.3) is 0 Å². The lowest BCUT2D eigenvalue weighted by Gasteiger charge is -2.33. The molecule has 1 aliphatic heterocycles. The van der Waals surface area contributed by atoms with Crippen LogP contribution < -0.4 is 0 Å². The number of hydrogen-bond acceptors (Lipinski definition) is 6. The molecule has 3 atom stereocenters. The van der Waals surface area contributed by atoms with Gasteiger partial charge < -0.3 is 19.3 Å². The molecular weight excluding hydrogens is 324 g/mol. The van der Waals surface area contributed by atoms with Crippen molar-refractivity contribution in [2.24, 2.45) is 0 Å². The van der Waals surface area contributed by atoms with E-state index >= 15 is 0 Å². The number of ether oxygens (including phenoxy) is 3. The van der Waals surface area contributed by atoms with Gasteiger partial charge in [-0.05, 0) is 24.3 Å². The van der Waals surface area contributed by atoms with Gasteiger partial charge in [-0.2, -0.15) is 0 Å². The van der Waals surface area contributed by atoms with Crippen molar-refractivity contribution in [1.29, 1.82) is 0 Å². The minimum atomic E-state index is -1.07. The van der Waals surface area contributed by atoms with E-state index in [1.165, 1.54) is 0 Å². The van der Waals surface area contributed by atoms with Gasteiger partial charge in [-0.15, -0.1) is 0 Å². The number of rotatable bonds is 4. The molecule has 1 heterocycles. The second-order valence-corrected chi connectivity index (χ2v) is 5.64. The Balaban J connectivity index is 1.68. The maximum absolute atomic E-state index is 12.2. The highest BCUT2D eigenvalue weighted by atomic mass is 16.6. The molecule has 0 aliphatic carbocycles. The van der Waals surface area contributed by atoms with Crippen LogP contribution in [0.3, 0.4) is 0 Å². The summed E-state index contributed by atoms with van der Waals surface area (Å²) in [5.41, 5.74) is 0.776.